The Morgan fingerprint density at radius 2 is 1.61 bits per heavy atom. The quantitative estimate of drug-likeness (QED) is 0.778. The molecule has 1 aliphatic heterocycles. The van der Waals surface area contributed by atoms with Crippen LogP contribution in [0.5, 0.6) is 5.75 Å². The number of phenols is 1. The highest BCUT2D eigenvalue weighted by Gasteiger charge is 2.52. The van der Waals surface area contributed by atoms with E-state index in [2.05, 4.69) is 0 Å². The molecule has 1 aromatic rings. The Bertz CT molecular complexity index is 469. The summed E-state index contributed by atoms with van der Waals surface area (Å²) in [4.78, 5) is 0. The van der Waals surface area contributed by atoms with Gasteiger partial charge in [0, 0.05) is 0 Å². The van der Waals surface area contributed by atoms with Gasteiger partial charge in [-0.05, 0) is 57.8 Å². The molecule has 98 valence electrons. The molecule has 0 saturated carbocycles. The number of aryl methyl sites for hydroxylation is 1. The van der Waals surface area contributed by atoms with Crippen LogP contribution in [0.4, 0.5) is 4.39 Å². The molecule has 2 rings (SSSR count). The lowest BCUT2D eigenvalue weighted by molar-refractivity contribution is 0.00578. The number of hydrogen-bond donors (Lipinski definition) is 1. The molecule has 18 heavy (non-hydrogen) atoms. The van der Waals surface area contributed by atoms with Gasteiger partial charge in [0.25, 0.3) is 0 Å². The van der Waals surface area contributed by atoms with E-state index in [1.807, 2.05) is 27.7 Å². The lowest BCUT2D eigenvalue weighted by atomic mass is 9.76. The summed E-state index contributed by atoms with van der Waals surface area (Å²) >= 11 is 0. The van der Waals surface area contributed by atoms with Gasteiger partial charge >= 0.3 is 7.12 Å². The number of benzene rings is 1. The van der Waals surface area contributed by atoms with Crippen molar-refractivity contribution in [3.05, 3.63) is 23.5 Å². The van der Waals surface area contributed by atoms with E-state index < -0.39 is 24.1 Å². The van der Waals surface area contributed by atoms with Crippen molar-refractivity contribution < 1.29 is 18.8 Å². The lowest BCUT2D eigenvalue weighted by Gasteiger charge is -2.32. The van der Waals surface area contributed by atoms with Crippen molar-refractivity contribution in [3.8, 4) is 5.75 Å². The normalized spacial score (nSPS) is 21.3. The van der Waals surface area contributed by atoms with Gasteiger partial charge in [-0.2, -0.15) is 0 Å². The van der Waals surface area contributed by atoms with Crippen molar-refractivity contribution in [3.63, 3.8) is 0 Å². The second kappa shape index (κ2) is 3.97. The second-order valence-corrected chi connectivity index (χ2v) is 5.75. The number of hydrogen-bond acceptors (Lipinski definition) is 3. The molecule has 1 saturated heterocycles. The molecule has 0 bridgehead atoms. The van der Waals surface area contributed by atoms with Gasteiger partial charge in [0.2, 0.25) is 0 Å². The molecule has 1 N–H and O–H groups in total. The molecule has 0 aromatic heterocycles. The summed E-state index contributed by atoms with van der Waals surface area (Å²) in [5.74, 6) is -1.02. The lowest BCUT2D eigenvalue weighted by Crippen LogP contribution is -2.41. The summed E-state index contributed by atoms with van der Waals surface area (Å²) in [6.45, 7) is 9.57. The van der Waals surface area contributed by atoms with E-state index >= 15 is 0 Å². The van der Waals surface area contributed by atoms with Crippen LogP contribution in [0, 0.1) is 12.7 Å². The Kier molecular flexibility index (Phi) is 2.95. The van der Waals surface area contributed by atoms with Crippen LogP contribution in [-0.4, -0.2) is 23.4 Å². The number of phenolic OH excluding ortho intramolecular Hbond substituents is 1. The third-order valence-corrected chi connectivity index (χ3v) is 3.84. The van der Waals surface area contributed by atoms with Gasteiger partial charge in [-0.1, -0.05) is 0 Å². The maximum atomic E-state index is 13.2. The van der Waals surface area contributed by atoms with Crippen LogP contribution in [0.1, 0.15) is 33.3 Å². The minimum atomic E-state index is -0.632. The van der Waals surface area contributed by atoms with Crippen LogP contribution in [0.15, 0.2) is 12.1 Å². The second-order valence-electron chi connectivity index (χ2n) is 5.75. The molecule has 1 heterocycles. The predicted octanol–water partition coefficient (Wildman–Crippen LogP) is 2.14. The van der Waals surface area contributed by atoms with E-state index in [1.54, 1.807) is 6.92 Å². The molecule has 0 aliphatic carbocycles. The molecule has 0 spiro atoms. The number of aromatic hydroxyl groups is 1. The Balaban J connectivity index is 2.38. The third-order valence-electron chi connectivity index (χ3n) is 3.84. The summed E-state index contributed by atoms with van der Waals surface area (Å²) in [5, 5.41) is 9.46. The molecular weight excluding hydrogens is 234 g/mol. The summed E-state index contributed by atoms with van der Waals surface area (Å²) in [5.41, 5.74) is 0.457. The third kappa shape index (κ3) is 2.02. The molecule has 3 nitrogen and oxygen atoms in total. The highest BCUT2D eigenvalue weighted by atomic mass is 19.1. The number of halogens is 1. The first-order valence-electron chi connectivity index (χ1n) is 5.99. The molecular formula is C13H18BFO3. The van der Waals surface area contributed by atoms with Crippen LogP contribution in [0.3, 0.4) is 0 Å². The standard InChI is InChI=1S/C13H18BFO3/c1-8-6-10(15)11(16)7-9(8)14-17-12(2,3)13(4,5)18-14/h6-7,16H,1-5H3. The molecule has 1 aromatic carbocycles. The van der Waals surface area contributed by atoms with Gasteiger partial charge in [-0.3, -0.25) is 0 Å². The largest absolute Gasteiger partial charge is 0.505 e. The topological polar surface area (TPSA) is 38.7 Å². The van der Waals surface area contributed by atoms with Gasteiger partial charge in [0.1, 0.15) is 0 Å². The van der Waals surface area contributed by atoms with Crippen molar-refractivity contribution in [2.24, 2.45) is 0 Å². The maximum Gasteiger partial charge on any atom is 0.495 e. The molecule has 1 aliphatic rings. The molecule has 0 unspecified atom stereocenters. The fourth-order valence-electron chi connectivity index (χ4n) is 1.90. The highest BCUT2D eigenvalue weighted by Crippen LogP contribution is 2.37. The SMILES string of the molecule is Cc1cc(F)c(O)cc1B1OC(C)(C)C(C)(C)O1. The zero-order valence-electron chi connectivity index (χ0n) is 11.4. The van der Waals surface area contributed by atoms with Crippen molar-refractivity contribution in [2.45, 2.75) is 45.8 Å². The first kappa shape index (κ1) is 13.4. The Labute approximate surface area is 107 Å². The van der Waals surface area contributed by atoms with Gasteiger partial charge in [-0.25, -0.2) is 4.39 Å². The van der Waals surface area contributed by atoms with E-state index in [0.717, 1.165) is 0 Å². The van der Waals surface area contributed by atoms with E-state index in [1.165, 1.54) is 12.1 Å². The average Bonchev–Trinajstić information content (AvgIpc) is 2.42. The fourth-order valence-corrected chi connectivity index (χ4v) is 1.90. The minimum absolute atomic E-state index is 0.384. The Hall–Kier alpha value is -1.07. The zero-order chi connectivity index (χ0) is 13.7. The van der Waals surface area contributed by atoms with Gasteiger partial charge in [-0.15, -0.1) is 0 Å². The highest BCUT2D eigenvalue weighted by molar-refractivity contribution is 6.62. The van der Waals surface area contributed by atoms with Gasteiger partial charge in [0.05, 0.1) is 11.2 Å². The van der Waals surface area contributed by atoms with Crippen LogP contribution < -0.4 is 5.46 Å². The first-order valence-corrected chi connectivity index (χ1v) is 5.99. The average molecular weight is 252 g/mol. The van der Waals surface area contributed by atoms with Gasteiger partial charge in [0.15, 0.2) is 11.6 Å². The summed E-state index contributed by atoms with van der Waals surface area (Å²) in [7, 11) is -0.582. The molecule has 0 amide bonds. The van der Waals surface area contributed by atoms with Crippen molar-refractivity contribution in [2.75, 3.05) is 0 Å². The van der Waals surface area contributed by atoms with Crippen molar-refractivity contribution >= 4 is 12.6 Å². The summed E-state index contributed by atoms with van der Waals surface area (Å²) < 4.78 is 25.0. The predicted molar refractivity (Wildman–Crippen MR) is 68.5 cm³/mol. The summed E-state index contributed by atoms with van der Waals surface area (Å²) in [6.07, 6.45) is 0. The van der Waals surface area contributed by atoms with Crippen LogP contribution in [-0.2, 0) is 9.31 Å². The minimum Gasteiger partial charge on any atom is -0.505 e. The van der Waals surface area contributed by atoms with Gasteiger partial charge < -0.3 is 14.4 Å². The Morgan fingerprint density at radius 1 is 1.11 bits per heavy atom. The monoisotopic (exact) mass is 252 g/mol. The maximum absolute atomic E-state index is 13.2. The van der Waals surface area contributed by atoms with Crippen LogP contribution in [0.2, 0.25) is 0 Å². The zero-order valence-corrected chi connectivity index (χ0v) is 11.4. The smallest absolute Gasteiger partial charge is 0.495 e. The van der Waals surface area contributed by atoms with E-state index in [9.17, 15) is 9.50 Å². The van der Waals surface area contributed by atoms with E-state index in [0.29, 0.717) is 11.0 Å². The van der Waals surface area contributed by atoms with Crippen LogP contribution in [0.25, 0.3) is 0 Å². The van der Waals surface area contributed by atoms with Crippen molar-refractivity contribution in [1.82, 2.24) is 0 Å². The molecule has 5 heteroatoms. The Morgan fingerprint density at radius 3 is 2.11 bits per heavy atom. The molecule has 0 atom stereocenters. The molecule has 0 radical (unpaired) electrons. The first-order chi connectivity index (χ1) is 8.14. The summed E-state index contributed by atoms with van der Waals surface area (Å²) in [6, 6.07) is 2.66. The van der Waals surface area contributed by atoms with Crippen molar-refractivity contribution in [1.29, 1.82) is 0 Å². The van der Waals surface area contributed by atoms with E-state index in [4.69, 9.17) is 9.31 Å². The van der Waals surface area contributed by atoms with Crippen LogP contribution >= 0.6 is 0 Å². The number of rotatable bonds is 1. The van der Waals surface area contributed by atoms with E-state index in [-0.39, 0.29) is 5.75 Å². The molecule has 1 fully saturated rings. The fraction of sp³-hybridized carbons (Fsp3) is 0.538.